The van der Waals surface area contributed by atoms with Gasteiger partial charge in [0, 0.05) is 13.0 Å². The Hall–Kier alpha value is -0.610. The Morgan fingerprint density at radius 1 is 0.815 bits per heavy atom. The molecule has 0 heterocycles. The molecule has 0 rings (SSSR count). The van der Waals surface area contributed by atoms with Gasteiger partial charge in [0.05, 0.1) is 6.61 Å². The van der Waals surface area contributed by atoms with Crippen LogP contribution < -0.4 is 5.32 Å². The molecule has 0 aliphatic rings. The maximum absolute atomic E-state index is 11.9. The Morgan fingerprint density at radius 3 is 2.04 bits per heavy atom. The van der Waals surface area contributed by atoms with Crippen molar-refractivity contribution in [1.82, 2.24) is 5.32 Å². The van der Waals surface area contributed by atoms with Crippen molar-refractivity contribution in [1.29, 1.82) is 0 Å². The standard InChI is InChI=1S/C23H47NO3/c1-3-5-14-22(15-6-4-2)17-21-27-23(26)16-10-8-7-9-11-18-24-19-12-13-20-25/h22,24-25H,3-21H2,1-2H3. The van der Waals surface area contributed by atoms with E-state index >= 15 is 0 Å². The fraction of sp³-hybridized carbons (Fsp3) is 0.957. The van der Waals surface area contributed by atoms with Crippen LogP contribution in [0.15, 0.2) is 0 Å². The second-order valence-corrected chi connectivity index (χ2v) is 7.86. The van der Waals surface area contributed by atoms with E-state index in [-0.39, 0.29) is 5.97 Å². The predicted octanol–water partition coefficient (Wildman–Crippen LogP) is 5.62. The van der Waals surface area contributed by atoms with Crippen LogP contribution in [0.2, 0.25) is 0 Å². The fourth-order valence-electron chi connectivity index (χ4n) is 3.37. The average molecular weight is 386 g/mol. The molecule has 2 N–H and O–H groups in total. The second kappa shape index (κ2) is 21.7. The summed E-state index contributed by atoms with van der Waals surface area (Å²) in [7, 11) is 0. The van der Waals surface area contributed by atoms with Gasteiger partial charge in [0.15, 0.2) is 0 Å². The number of carbonyl (C=O) groups excluding carboxylic acids is 1. The molecule has 0 aromatic heterocycles. The summed E-state index contributed by atoms with van der Waals surface area (Å²) in [6, 6.07) is 0. The number of aliphatic hydroxyl groups is 1. The first kappa shape index (κ1) is 26.4. The molecule has 0 bridgehead atoms. The molecule has 0 radical (unpaired) electrons. The van der Waals surface area contributed by atoms with E-state index in [2.05, 4.69) is 19.2 Å². The van der Waals surface area contributed by atoms with E-state index in [9.17, 15) is 4.79 Å². The molecule has 0 saturated heterocycles. The zero-order chi connectivity index (χ0) is 20.0. The number of unbranched alkanes of at least 4 members (excludes halogenated alkanes) is 7. The Kier molecular flexibility index (Phi) is 21.2. The smallest absolute Gasteiger partial charge is 0.305 e. The van der Waals surface area contributed by atoms with Crippen LogP contribution in [0.4, 0.5) is 0 Å². The van der Waals surface area contributed by atoms with Crippen LogP contribution >= 0.6 is 0 Å². The third-order valence-electron chi connectivity index (χ3n) is 5.22. The van der Waals surface area contributed by atoms with E-state index in [1.807, 2.05) is 0 Å². The highest BCUT2D eigenvalue weighted by atomic mass is 16.5. The maximum Gasteiger partial charge on any atom is 0.305 e. The first-order chi connectivity index (χ1) is 13.2. The van der Waals surface area contributed by atoms with Crippen molar-refractivity contribution >= 4 is 5.97 Å². The lowest BCUT2D eigenvalue weighted by Gasteiger charge is -2.16. The monoisotopic (exact) mass is 385 g/mol. The number of hydrogen-bond acceptors (Lipinski definition) is 4. The van der Waals surface area contributed by atoms with Crippen LogP contribution in [0.1, 0.15) is 110 Å². The minimum atomic E-state index is -0.00900. The summed E-state index contributed by atoms with van der Waals surface area (Å²) >= 11 is 0. The molecule has 0 saturated carbocycles. The first-order valence-corrected chi connectivity index (χ1v) is 11.7. The fourth-order valence-corrected chi connectivity index (χ4v) is 3.37. The molecule has 4 nitrogen and oxygen atoms in total. The van der Waals surface area contributed by atoms with E-state index in [1.165, 1.54) is 57.8 Å². The number of rotatable bonds is 21. The van der Waals surface area contributed by atoms with Crippen LogP contribution in [-0.2, 0) is 9.53 Å². The summed E-state index contributed by atoms with van der Waals surface area (Å²) in [4.78, 5) is 11.9. The summed E-state index contributed by atoms with van der Waals surface area (Å²) < 4.78 is 5.46. The number of nitrogens with one attached hydrogen (secondary N) is 1. The van der Waals surface area contributed by atoms with E-state index in [0.29, 0.717) is 19.6 Å². The summed E-state index contributed by atoms with van der Waals surface area (Å²) in [5, 5.41) is 12.1. The molecule has 0 unspecified atom stereocenters. The van der Waals surface area contributed by atoms with Crippen LogP contribution in [-0.4, -0.2) is 37.4 Å². The number of hydrogen-bond donors (Lipinski definition) is 2. The van der Waals surface area contributed by atoms with Gasteiger partial charge in [-0.2, -0.15) is 0 Å². The molecule has 0 amide bonds. The lowest BCUT2D eigenvalue weighted by molar-refractivity contribution is -0.144. The highest BCUT2D eigenvalue weighted by Gasteiger charge is 2.10. The number of aliphatic hydroxyl groups excluding tert-OH is 1. The van der Waals surface area contributed by atoms with Gasteiger partial charge in [-0.05, 0) is 51.1 Å². The molecule has 0 aliphatic carbocycles. The van der Waals surface area contributed by atoms with Crippen LogP contribution in [0.3, 0.4) is 0 Å². The summed E-state index contributed by atoms with van der Waals surface area (Å²) in [5.74, 6) is 0.722. The van der Waals surface area contributed by atoms with Crippen molar-refractivity contribution in [3.8, 4) is 0 Å². The largest absolute Gasteiger partial charge is 0.466 e. The Morgan fingerprint density at radius 2 is 1.41 bits per heavy atom. The Bertz CT molecular complexity index is 302. The van der Waals surface area contributed by atoms with Gasteiger partial charge in [-0.25, -0.2) is 0 Å². The van der Waals surface area contributed by atoms with Gasteiger partial charge < -0.3 is 15.2 Å². The molecular formula is C23H47NO3. The highest BCUT2D eigenvalue weighted by molar-refractivity contribution is 5.69. The van der Waals surface area contributed by atoms with Crippen molar-refractivity contribution < 1.29 is 14.6 Å². The van der Waals surface area contributed by atoms with E-state index in [1.54, 1.807) is 0 Å². The van der Waals surface area contributed by atoms with Crippen LogP contribution in [0.5, 0.6) is 0 Å². The molecular weight excluding hydrogens is 338 g/mol. The molecule has 0 aromatic rings. The van der Waals surface area contributed by atoms with E-state index in [0.717, 1.165) is 51.1 Å². The van der Waals surface area contributed by atoms with E-state index in [4.69, 9.17) is 9.84 Å². The average Bonchev–Trinajstić information content (AvgIpc) is 2.67. The van der Waals surface area contributed by atoms with Crippen molar-refractivity contribution in [2.24, 2.45) is 5.92 Å². The zero-order valence-corrected chi connectivity index (χ0v) is 18.3. The van der Waals surface area contributed by atoms with Crippen LogP contribution in [0.25, 0.3) is 0 Å². The molecule has 0 fully saturated rings. The summed E-state index contributed by atoms with van der Waals surface area (Å²) in [6.07, 6.45) is 16.9. The summed E-state index contributed by atoms with van der Waals surface area (Å²) in [5.41, 5.74) is 0. The molecule has 0 spiro atoms. The second-order valence-electron chi connectivity index (χ2n) is 7.86. The number of esters is 1. The zero-order valence-electron chi connectivity index (χ0n) is 18.3. The first-order valence-electron chi connectivity index (χ1n) is 11.7. The SMILES string of the molecule is CCCCC(CCCC)CCOC(=O)CCCCCCCNCCCCO. The minimum Gasteiger partial charge on any atom is -0.466 e. The topological polar surface area (TPSA) is 58.6 Å². The highest BCUT2D eigenvalue weighted by Crippen LogP contribution is 2.20. The normalized spacial score (nSPS) is 11.3. The Labute approximate surface area is 168 Å². The third kappa shape index (κ3) is 19.9. The van der Waals surface area contributed by atoms with Crippen molar-refractivity contribution in [2.45, 2.75) is 110 Å². The quantitative estimate of drug-likeness (QED) is 0.199. The van der Waals surface area contributed by atoms with Crippen molar-refractivity contribution in [2.75, 3.05) is 26.3 Å². The Balaban J connectivity index is 3.46. The lowest BCUT2D eigenvalue weighted by atomic mass is 9.93. The van der Waals surface area contributed by atoms with Crippen molar-refractivity contribution in [3.05, 3.63) is 0 Å². The van der Waals surface area contributed by atoms with Gasteiger partial charge in [0.1, 0.15) is 0 Å². The van der Waals surface area contributed by atoms with E-state index < -0.39 is 0 Å². The maximum atomic E-state index is 11.9. The molecule has 0 aliphatic heterocycles. The van der Waals surface area contributed by atoms with Gasteiger partial charge in [-0.3, -0.25) is 4.79 Å². The molecule has 4 heteroatoms. The lowest BCUT2D eigenvalue weighted by Crippen LogP contribution is -2.16. The van der Waals surface area contributed by atoms with Crippen LogP contribution in [0, 0.1) is 5.92 Å². The van der Waals surface area contributed by atoms with Gasteiger partial charge in [0.2, 0.25) is 0 Å². The molecule has 0 aromatic carbocycles. The molecule has 0 atom stereocenters. The summed E-state index contributed by atoms with van der Waals surface area (Å²) in [6.45, 7) is 7.45. The van der Waals surface area contributed by atoms with Gasteiger partial charge in [0.25, 0.3) is 0 Å². The predicted molar refractivity (Wildman–Crippen MR) is 115 cm³/mol. The van der Waals surface area contributed by atoms with Gasteiger partial charge in [-0.1, -0.05) is 71.6 Å². The van der Waals surface area contributed by atoms with Gasteiger partial charge in [-0.15, -0.1) is 0 Å². The number of carbonyl (C=O) groups is 1. The minimum absolute atomic E-state index is 0.00900. The molecule has 27 heavy (non-hydrogen) atoms. The van der Waals surface area contributed by atoms with Gasteiger partial charge >= 0.3 is 5.97 Å². The van der Waals surface area contributed by atoms with Crippen molar-refractivity contribution in [3.63, 3.8) is 0 Å². The molecule has 162 valence electrons. The number of ether oxygens (including phenoxy) is 1. The third-order valence-corrected chi connectivity index (χ3v) is 5.22.